The smallest absolute Gasteiger partial charge is 0.313 e. The number of likely N-dealkylation sites (N-methyl/N-ethyl adjacent to an activating group) is 1. The van der Waals surface area contributed by atoms with Crippen LogP contribution in [-0.2, 0) is 19.1 Å². The Hall–Kier alpha value is -0.530. The zero-order chi connectivity index (χ0) is 17.5. The third kappa shape index (κ3) is 3.83. The van der Waals surface area contributed by atoms with Crippen LogP contribution in [0.15, 0.2) is 12.2 Å². The van der Waals surface area contributed by atoms with Gasteiger partial charge in [0.05, 0.1) is 18.1 Å². The summed E-state index contributed by atoms with van der Waals surface area (Å²) in [6.07, 6.45) is 2.77. The summed E-state index contributed by atoms with van der Waals surface area (Å²) in [5.41, 5.74) is 0. The number of amides is 1. The van der Waals surface area contributed by atoms with Crippen LogP contribution < -0.4 is 0 Å². The Bertz CT molecular complexity index is 543. The van der Waals surface area contributed by atoms with Gasteiger partial charge < -0.3 is 19.3 Å². The Morgan fingerprint density at radius 2 is 1.71 bits per heavy atom. The van der Waals surface area contributed by atoms with E-state index in [1.165, 1.54) is 0 Å². The molecule has 0 aliphatic carbocycles. The molecular weight excluding hydrogens is 379 g/mol. The largest absolute Gasteiger partial charge is 0.461 e. The van der Waals surface area contributed by atoms with Crippen molar-refractivity contribution in [2.75, 3.05) is 39.8 Å². The van der Waals surface area contributed by atoms with E-state index < -0.39 is 33.8 Å². The first-order valence-corrected chi connectivity index (χ1v) is 8.94. The number of carbonyl (C=O) groups is 2. The highest BCUT2D eigenvalue weighted by Gasteiger charge is 2.55. The fourth-order valence-electron chi connectivity index (χ4n) is 3.37. The van der Waals surface area contributed by atoms with Gasteiger partial charge in [-0.3, -0.25) is 9.59 Å². The number of fused-ring (bicyclic) bond motifs is 2. The molecule has 4 atom stereocenters. The van der Waals surface area contributed by atoms with Crippen molar-refractivity contribution in [2.24, 2.45) is 11.8 Å². The number of ether oxygens (including phenoxy) is 2. The number of alkyl halides is 3. The highest BCUT2D eigenvalue weighted by atomic mass is 35.6. The highest BCUT2D eigenvalue weighted by molar-refractivity contribution is 6.67. The summed E-state index contributed by atoms with van der Waals surface area (Å²) in [5.74, 6) is -1.91. The molecule has 3 aliphatic heterocycles. The zero-order valence-electron chi connectivity index (χ0n) is 13.2. The van der Waals surface area contributed by atoms with Crippen molar-refractivity contribution in [1.29, 1.82) is 0 Å². The van der Waals surface area contributed by atoms with E-state index in [0.29, 0.717) is 13.1 Å². The number of halogens is 3. The van der Waals surface area contributed by atoms with Crippen molar-refractivity contribution in [1.82, 2.24) is 9.80 Å². The lowest BCUT2D eigenvalue weighted by molar-refractivity contribution is -0.155. The van der Waals surface area contributed by atoms with Gasteiger partial charge >= 0.3 is 5.97 Å². The third-order valence-electron chi connectivity index (χ3n) is 4.65. The van der Waals surface area contributed by atoms with E-state index in [9.17, 15) is 9.59 Å². The van der Waals surface area contributed by atoms with Gasteiger partial charge in [0.2, 0.25) is 9.70 Å². The third-order valence-corrected chi connectivity index (χ3v) is 4.98. The first-order chi connectivity index (χ1) is 11.3. The molecule has 0 aromatic carbocycles. The van der Waals surface area contributed by atoms with Crippen LogP contribution in [0.1, 0.15) is 0 Å². The number of hydrogen-bond donors (Lipinski definition) is 0. The lowest BCUT2D eigenvalue weighted by atomic mass is 9.82. The van der Waals surface area contributed by atoms with E-state index in [1.807, 2.05) is 13.1 Å². The van der Waals surface area contributed by atoms with Gasteiger partial charge in [0.25, 0.3) is 0 Å². The topological polar surface area (TPSA) is 59.1 Å². The van der Waals surface area contributed by atoms with Crippen molar-refractivity contribution >= 4 is 46.7 Å². The van der Waals surface area contributed by atoms with Crippen molar-refractivity contribution < 1.29 is 19.1 Å². The first-order valence-electron chi connectivity index (χ1n) is 7.81. The molecule has 24 heavy (non-hydrogen) atoms. The lowest BCUT2D eigenvalue weighted by Gasteiger charge is -2.35. The van der Waals surface area contributed by atoms with Crippen LogP contribution in [0.5, 0.6) is 0 Å². The molecule has 3 aliphatic rings. The maximum Gasteiger partial charge on any atom is 0.313 e. The van der Waals surface area contributed by atoms with Crippen molar-refractivity contribution in [2.45, 2.75) is 16.0 Å². The molecular formula is C15H19Cl3N2O4. The van der Waals surface area contributed by atoms with Gasteiger partial charge in [-0.1, -0.05) is 47.0 Å². The average Bonchev–Trinajstić information content (AvgIpc) is 3.13. The molecule has 2 saturated heterocycles. The van der Waals surface area contributed by atoms with Crippen LogP contribution >= 0.6 is 34.8 Å². The van der Waals surface area contributed by atoms with Gasteiger partial charge in [0, 0.05) is 26.2 Å². The molecule has 0 N–H and O–H groups in total. The van der Waals surface area contributed by atoms with E-state index in [0.717, 1.165) is 13.1 Å². The molecule has 3 rings (SSSR count). The van der Waals surface area contributed by atoms with E-state index in [4.69, 9.17) is 44.3 Å². The Balaban J connectivity index is 1.69. The quantitative estimate of drug-likeness (QED) is 0.407. The molecule has 0 aromatic rings. The Morgan fingerprint density at radius 3 is 2.29 bits per heavy atom. The normalized spacial score (nSPS) is 33.1. The summed E-state index contributed by atoms with van der Waals surface area (Å²) in [5, 5.41) is 0. The van der Waals surface area contributed by atoms with Crippen molar-refractivity contribution in [3.8, 4) is 0 Å². The van der Waals surface area contributed by atoms with Crippen LogP contribution in [0.2, 0.25) is 0 Å². The molecule has 134 valence electrons. The van der Waals surface area contributed by atoms with Gasteiger partial charge in [-0.2, -0.15) is 0 Å². The average molecular weight is 398 g/mol. The zero-order valence-corrected chi connectivity index (χ0v) is 15.4. The van der Waals surface area contributed by atoms with Crippen LogP contribution in [0, 0.1) is 11.8 Å². The Morgan fingerprint density at radius 1 is 1.12 bits per heavy atom. The second kappa shape index (κ2) is 7.00. The van der Waals surface area contributed by atoms with E-state index in [-0.39, 0.29) is 12.5 Å². The summed E-state index contributed by atoms with van der Waals surface area (Å²) >= 11 is 16.9. The minimum Gasteiger partial charge on any atom is -0.461 e. The predicted molar refractivity (Wildman–Crippen MR) is 90.1 cm³/mol. The van der Waals surface area contributed by atoms with Crippen LogP contribution in [0.3, 0.4) is 0 Å². The fourth-order valence-corrected chi connectivity index (χ4v) is 3.53. The highest BCUT2D eigenvalue weighted by Crippen LogP contribution is 2.41. The van der Waals surface area contributed by atoms with E-state index in [1.54, 1.807) is 11.0 Å². The van der Waals surface area contributed by atoms with Crippen molar-refractivity contribution in [3.63, 3.8) is 0 Å². The monoisotopic (exact) mass is 396 g/mol. The molecule has 2 bridgehead atoms. The van der Waals surface area contributed by atoms with Crippen LogP contribution in [-0.4, -0.2) is 77.5 Å². The summed E-state index contributed by atoms with van der Waals surface area (Å²) in [6, 6.07) is 0. The molecule has 0 spiro atoms. The molecule has 0 aromatic heterocycles. The fraction of sp³-hybridized carbons (Fsp3) is 0.733. The van der Waals surface area contributed by atoms with Crippen LogP contribution in [0.4, 0.5) is 0 Å². The number of carbonyl (C=O) groups excluding carboxylic acids is 2. The van der Waals surface area contributed by atoms with Gasteiger partial charge in [-0.15, -0.1) is 0 Å². The number of nitrogens with zero attached hydrogens (tertiary/aromatic N) is 2. The molecule has 0 radical (unpaired) electrons. The Labute approximate surface area is 155 Å². The standard InChI is InChI=1S/C15H19Cl3N2O4/c1-19-4-6-20(7-5-19)13(21)11-9-2-3-10(24-9)12(11)14(22)23-8-15(16,17)18/h2-3,9-12H,4-8H2,1H3. The molecule has 1 amide bonds. The first kappa shape index (κ1) is 18.3. The summed E-state index contributed by atoms with van der Waals surface area (Å²) in [6.45, 7) is 2.55. The number of hydrogen-bond acceptors (Lipinski definition) is 5. The molecule has 9 heteroatoms. The molecule has 4 unspecified atom stereocenters. The minimum absolute atomic E-state index is 0.0733. The maximum absolute atomic E-state index is 12.9. The predicted octanol–water partition coefficient (Wildman–Crippen LogP) is 1.24. The van der Waals surface area contributed by atoms with E-state index >= 15 is 0 Å². The number of rotatable bonds is 3. The summed E-state index contributed by atoms with van der Waals surface area (Å²) in [7, 11) is 2.02. The number of piperazine rings is 1. The van der Waals surface area contributed by atoms with Gasteiger partial charge in [0.1, 0.15) is 12.5 Å². The molecule has 3 heterocycles. The SMILES string of the molecule is CN1CCN(C(=O)C2C3C=CC(O3)C2C(=O)OCC(Cl)(Cl)Cl)CC1. The minimum atomic E-state index is -1.68. The van der Waals surface area contributed by atoms with Gasteiger partial charge in [-0.05, 0) is 7.05 Å². The van der Waals surface area contributed by atoms with Gasteiger partial charge in [0.15, 0.2) is 0 Å². The van der Waals surface area contributed by atoms with Crippen LogP contribution in [0.25, 0.3) is 0 Å². The molecule has 0 saturated carbocycles. The second-order valence-corrected chi connectivity index (χ2v) is 8.87. The Kier molecular flexibility index (Phi) is 5.33. The van der Waals surface area contributed by atoms with E-state index in [2.05, 4.69) is 4.90 Å². The second-order valence-electron chi connectivity index (χ2n) is 6.35. The summed E-state index contributed by atoms with van der Waals surface area (Å²) < 4.78 is 9.14. The summed E-state index contributed by atoms with van der Waals surface area (Å²) in [4.78, 5) is 29.3. The molecule has 2 fully saturated rings. The number of esters is 1. The van der Waals surface area contributed by atoms with Crippen molar-refractivity contribution in [3.05, 3.63) is 12.2 Å². The molecule has 6 nitrogen and oxygen atoms in total. The maximum atomic E-state index is 12.9. The lowest BCUT2D eigenvalue weighted by Crippen LogP contribution is -2.52. The van der Waals surface area contributed by atoms with Gasteiger partial charge in [-0.25, -0.2) is 0 Å².